The molecule has 4 nitrogen and oxygen atoms in total. The first-order chi connectivity index (χ1) is 13.9. The second kappa shape index (κ2) is 7.36. The van der Waals surface area contributed by atoms with Crippen molar-refractivity contribution in [3.63, 3.8) is 0 Å². The summed E-state index contributed by atoms with van der Waals surface area (Å²) in [6.07, 6.45) is 0. The van der Waals surface area contributed by atoms with Crippen LogP contribution in [-0.4, -0.2) is 11.7 Å². The van der Waals surface area contributed by atoms with Gasteiger partial charge in [-0.3, -0.25) is 9.59 Å². The van der Waals surface area contributed by atoms with Crippen molar-refractivity contribution in [3.8, 4) is 0 Å². The van der Waals surface area contributed by atoms with E-state index in [1.807, 2.05) is 26.0 Å². The van der Waals surface area contributed by atoms with Crippen molar-refractivity contribution in [2.24, 2.45) is 0 Å². The van der Waals surface area contributed by atoms with Crippen LogP contribution in [0.1, 0.15) is 37.6 Å². The van der Waals surface area contributed by atoms with Crippen LogP contribution in [0, 0.1) is 19.7 Å². The number of fused-ring (bicyclic) bond motifs is 1. The van der Waals surface area contributed by atoms with E-state index in [0.29, 0.717) is 28.0 Å². The van der Waals surface area contributed by atoms with E-state index in [1.165, 1.54) is 24.3 Å². The lowest BCUT2D eigenvalue weighted by molar-refractivity contribution is 0.101. The molecule has 0 spiro atoms. The summed E-state index contributed by atoms with van der Waals surface area (Å²) in [5, 5.41) is 3.53. The Balaban J connectivity index is 1.63. The van der Waals surface area contributed by atoms with Crippen LogP contribution in [0.25, 0.3) is 11.0 Å². The minimum atomic E-state index is -0.400. The number of amides is 1. The number of benzene rings is 3. The van der Waals surface area contributed by atoms with Gasteiger partial charge in [0.1, 0.15) is 11.4 Å². The molecule has 1 amide bonds. The summed E-state index contributed by atoms with van der Waals surface area (Å²) < 4.78 is 18.8. The van der Waals surface area contributed by atoms with Crippen LogP contribution < -0.4 is 5.32 Å². The second-order valence-corrected chi connectivity index (χ2v) is 6.92. The van der Waals surface area contributed by atoms with Gasteiger partial charge in [0.2, 0.25) is 5.78 Å². The lowest BCUT2D eigenvalue weighted by Gasteiger charge is -2.05. The van der Waals surface area contributed by atoms with Crippen LogP contribution in [-0.2, 0) is 0 Å². The number of carbonyl (C=O) groups is 2. The molecule has 0 radical (unpaired) electrons. The fraction of sp³-hybridized carbons (Fsp3) is 0.0833. The Kier molecular flexibility index (Phi) is 4.72. The average molecular weight is 387 g/mol. The van der Waals surface area contributed by atoms with Crippen LogP contribution in [0.2, 0.25) is 0 Å². The zero-order valence-corrected chi connectivity index (χ0v) is 16.0. The molecular weight excluding hydrogens is 369 g/mol. The Morgan fingerprint density at radius 2 is 1.52 bits per heavy atom. The number of nitrogens with one attached hydrogen (secondary N) is 1. The highest BCUT2D eigenvalue weighted by molar-refractivity contribution is 6.11. The highest BCUT2D eigenvalue weighted by Crippen LogP contribution is 2.29. The molecule has 0 aliphatic heterocycles. The van der Waals surface area contributed by atoms with Crippen molar-refractivity contribution >= 4 is 28.3 Å². The molecule has 0 saturated carbocycles. The largest absolute Gasteiger partial charge is 0.452 e. The first kappa shape index (κ1) is 18.6. The number of carbonyl (C=O) groups excluding carboxylic acids is 2. The van der Waals surface area contributed by atoms with Crippen molar-refractivity contribution in [1.82, 2.24) is 0 Å². The van der Waals surface area contributed by atoms with E-state index >= 15 is 0 Å². The molecule has 1 heterocycles. The van der Waals surface area contributed by atoms with E-state index in [4.69, 9.17) is 4.42 Å². The molecular formula is C24H18FNO3. The minimum absolute atomic E-state index is 0.185. The lowest BCUT2D eigenvalue weighted by atomic mass is 10.0. The normalized spacial score (nSPS) is 10.9. The van der Waals surface area contributed by atoms with Crippen molar-refractivity contribution in [2.75, 3.05) is 5.32 Å². The summed E-state index contributed by atoms with van der Waals surface area (Å²) in [6.45, 7) is 3.78. The van der Waals surface area contributed by atoms with Gasteiger partial charge in [-0.25, -0.2) is 4.39 Å². The smallest absolute Gasteiger partial charge is 0.255 e. The van der Waals surface area contributed by atoms with Gasteiger partial charge in [0.25, 0.3) is 5.91 Å². The van der Waals surface area contributed by atoms with Crippen molar-refractivity contribution in [3.05, 3.63) is 101 Å². The predicted octanol–water partition coefficient (Wildman–Crippen LogP) is 5.67. The van der Waals surface area contributed by atoms with Crippen molar-refractivity contribution in [1.29, 1.82) is 0 Å². The van der Waals surface area contributed by atoms with Gasteiger partial charge >= 0.3 is 0 Å². The molecule has 4 rings (SSSR count). The number of aryl methyl sites for hydroxylation is 2. The van der Waals surface area contributed by atoms with E-state index < -0.39 is 5.82 Å². The van der Waals surface area contributed by atoms with Gasteiger partial charge in [0.15, 0.2) is 5.76 Å². The topological polar surface area (TPSA) is 59.3 Å². The van der Waals surface area contributed by atoms with E-state index in [0.717, 1.165) is 10.9 Å². The van der Waals surface area contributed by atoms with E-state index in [1.54, 1.807) is 30.3 Å². The van der Waals surface area contributed by atoms with Crippen LogP contribution in [0.3, 0.4) is 0 Å². The molecule has 0 saturated heterocycles. The number of hydrogen-bond donors (Lipinski definition) is 1. The maximum atomic E-state index is 13.0. The highest BCUT2D eigenvalue weighted by Gasteiger charge is 2.19. The molecule has 0 atom stereocenters. The number of rotatable bonds is 4. The third-order valence-corrected chi connectivity index (χ3v) is 4.82. The fourth-order valence-corrected chi connectivity index (χ4v) is 3.16. The summed E-state index contributed by atoms with van der Waals surface area (Å²) in [7, 11) is 0. The van der Waals surface area contributed by atoms with Crippen LogP contribution in [0.4, 0.5) is 10.1 Å². The van der Waals surface area contributed by atoms with E-state index in [-0.39, 0.29) is 17.5 Å². The predicted molar refractivity (Wildman–Crippen MR) is 110 cm³/mol. The summed E-state index contributed by atoms with van der Waals surface area (Å²) in [4.78, 5) is 25.2. The Labute approximate surface area is 167 Å². The average Bonchev–Trinajstić information content (AvgIpc) is 3.05. The lowest BCUT2D eigenvalue weighted by Crippen LogP contribution is -2.11. The van der Waals surface area contributed by atoms with Gasteiger partial charge in [-0.2, -0.15) is 0 Å². The SMILES string of the molecule is Cc1ccc(C(=O)c2oc3ccc(NC(=O)c4ccc(F)cc4)cc3c2C)cc1. The molecule has 3 aromatic carbocycles. The van der Waals surface area contributed by atoms with Crippen LogP contribution in [0.5, 0.6) is 0 Å². The molecule has 0 aliphatic rings. The van der Waals surface area contributed by atoms with Crippen molar-refractivity contribution < 1.29 is 18.4 Å². The molecule has 0 fully saturated rings. The Morgan fingerprint density at radius 1 is 0.862 bits per heavy atom. The second-order valence-electron chi connectivity index (χ2n) is 6.92. The fourth-order valence-electron chi connectivity index (χ4n) is 3.16. The molecule has 1 N–H and O–H groups in total. The Morgan fingerprint density at radius 3 is 2.21 bits per heavy atom. The number of hydrogen-bond acceptors (Lipinski definition) is 3. The summed E-state index contributed by atoms with van der Waals surface area (Å²) in [5.74, 6) is -0.648. The zero-order valence-electron chi connectivity index (χ0n) is 16.0. The monoisotopic (exact) mass is 387 g/mol. The number of anilines is 1. The van der Waals surface area contributed by atoms with Crippen LogP contribution >= 0.6 is 0 Å². The molecule has 0 aliphatic carbocycles. The third kappa shape index (κ3) is 3.67. The first-order valence-electron chi connectivity index (χ1n) is 9.14. The molecule has 1 aromatic heterocycles. The van der Waals surface area contributed by atoms with Gasteiger partial charge in [0.05, 0.1) is 0 Å². The summed E-state index contributed by atoms with van der Waals surface area (Å²) in [5.41, 5.74) is 3.82. The summed E-state index contributed by atoms with van der Waals surface area (Å²) in [6, 6.07) is 17.8. The first-order valence-corrected chi connectivity index (χ1v) is 9.14. The van der Waals surface area contributed by atoms with E-state index in [2.05, 4.69) is 5.32 Å². The van der Waals surface area contributed by atoms with Gasteiger partial charge in [-0.05, 0) is 56.3 Å². The number of ketones is 1. The zero-order chi connectivity index (χ0) is 20.5. The molecule has 4 aromatic rings. The van der Waals surface area contributed by atoms with Gasteiger partial charge < -0.3 is 9.73 Å². The Hall–Kier alpha value is -3.73. The van der Waals surface area contributed by atoms with Gasteiger partial charge in [-0.1, -0.05) is 29.8 Å². The molecule has 144 valence electrons. The quantitative estimate of drug-likeness (QED) is 0.459. The standard InChI is InChI=1S/C24H18FNO3/c1-14-3-5-16(6-4-14)22(27)23-15(2)20-13-19(11-12-21(20)29-23)26-24(28)17-7-9-18(25)10-8-17/h3-13H,1-2H3,(H,26,28). The maximum Gasteiger partial charge on any atom is 0.255 e. The van der Waals surface area contributed by atoms with Gasteiger partial charge in [0, 0.05) is 27.8 Å². The molecule has 0 bridgehead atoms. The molecule has 29 heavy (non-hydrogen) atoms. The maximum absolute atomic E-state index is 13.0. The van der Waals surface area contributed by atoms with Gasteiger partial charge in [-0.15, -0.1) is 0 Å². The number of furan rings is 1. The van der Waals surface area contributed by atoms with Crippen LogP contribution in [0.15, 0.2) is 71.1 Å². The molecule has 5 heteroatoms. The highest BCUT2D eigenvalue weighted by atomic mass is 19.1. The Bertz CT molecular complexity index is 1220. The van der Waals surface area contributed by atoms with E-state index in [9.17, 15) is 14.0 Å². The minimum Gasteiger partial charge on any atom is -0.452 e. The number of halogens is 1. The third-order valence-electron chi connectivity index (χ3n) is 4.82. The molecule has 0 unspecified atom stereocenters. The van der Waals surface area contributed by atoms with Crippen molar-refractivity contribution in [2.45, 2.75) is 13.8 Å². The summed E-state index contributed by atoms with van der Waals surface area (Å²) >= 11 is 0.